The number of rotatable bonds is 3. The van der Waals surface area contributed by atoms with Gasteiger partial charge in [0.2, 0.25) is 0 Å². The maximum atomic E-state index is 11.0. The average molecular weight is 287 g/mol. The van der Waals surface area contributed by atoms with Crippen molar-refractivity contribution in [2.75, 3.05) is 0 Å². The standard InChI is InChI=1S/C11H9BrClNO/c1-7(15)4-8(6-14)10-5-9(12)2-3-11(10)13/h2-3,5,8H,4H2,1H3. The van der Waals surface area contributed by atoms with Gasteiger partial charge < -0.3 is 0 Å². The van der Waals surface area contributed by atoms with Crippen molar-refractivity contribution in [1.29, 1.82) is 5.26 Å². The van der Waals surface area contributed by atoms with Crippen molar-refractivity contribution in [3.05, 3.63) is 33.3 Å². The van der Waals surface area contributed by atoms with Gasteiger partial charge in [-0.05, 0) is 30.7 Å². The number of Topliss-reactive ketones (excluding diaryl/α,β-unsaturated/α-hetero) is 1. The summed E-state index contributed by atoms with van der Waals surface area (Å²) in [5.41, 5.74) is 0.698. The Morgan fingerprint density at radius 1 is 1.67 bits per heavy atom. The number of halogens is 2. The van der Waals surface area contributed by atoms with Crippen molar-refractivity contribution in [3.63, 3.8) is 0 Å². The van der Waals surface area contributed by atoms with E-state index in [1.165, 1.54) is 6.92 Å². The summed E-state index contributed by atoms with van der Waals surface area (Å²) >= 11 is 9.28. The zero-order chi connectivity index (χ0) is 11.4. The first-order valence-electron chi connectivity index (χ1n) is 4.38. The Hall–Kier alpha value is -0.850. The van der Waals surface area contributed by atoms with Gasteiger partial charge in [0, 0.05) is 15.9 Å². The lowest BCUT2D eigenvalue weighted by atomic mass is 9.95. The highest BCUT2D eigenvalue weighted by Crippen LogP contribution is 2.29. The van der Waals surface area contributed by atoms with E-state index in [0.717, 1.165) is 4.47 Å². The van der Waals surface area contributed by atoms with Gasteiger partial charge >= 0.3 is 0 Å². The second-order valence-electron chi connectivity index (χ2n) is 3.25. The SMILES string of the molecule is CC(=O)CC(C#N)c1cc(Br)ccc1Cl. The lowest BCUT2D eigenvalue weighted by Gasteiger charge is -2.09. The quantitative estimate of drug-likeness (QED) is 0.850. The number of nitrogens with zero attached hydrogens (tertiary/aromatic N) is 1. The maximum absolute atomic E-state index is 11.0. The Labute approximate surface area is 102 Å². The minimum absolute atomic E-state index is 0.0161. The fourth-order valence-corrected chi connectivity index (χ4v) is 1.92. The number of nitriles is 1. The van der Waals surface area contributed by atoms with Crippen LogP contribution in [0.25, 0.3) is 0 Å². The Morgan fingerprint density at radius 3 is 2.87 bits per heavy atom. The van der Waals surface area contributed by atoms with Gasteiger partial charge in [-0.1, -0.05) is 27.5 Å². The van der Waals surface area contributed by atoms with Crippen LogP contribution in [-0.4, -0.2) is 5.78 Å². The molecule has 1 aromatic rings. The molecule has 0 aliphatic carbocycles. The van der Waals surface area contributed by atoms with Gasteiger partial charge in [-0.3, -0.25) is 4.79 Å². The summed E-state index contributed by atoms with van der Waals surface area (Å²) in [7, 11) is 0. The highest BCUT2D eigenvalue weighted by atomic mass is 79.9. The van der Waals surface area contributed by atoms with E-state index in [1.807, 2.05) is 0 Å². The third-order valence-corrected chi connectivity index (χ3v) is 2.82. The summed E-state index contributed by atoms with van der Waals surface area (Å²) < 4.78 is 0.853. The summed E-state index contributed by atoms with van der Waals surface area (Å²) in [5, 5.41) is 9.49. The number of hydrogen-bond donors (Lipinski definition) is 0. The third-order valence-electron chi connectivity index (χ3n) is 1.98. The van der Waals surface area contributed by atoms with Crippen LogP contribution >= 0.6 is 27.5 Å². The van der Waals surface area contributed by atoms with Gasteiger partial charge in [0.05, 0.1) is 12.0 Å². The molecule has 0 saturated carbocycles. The van der Waals surface area contributed by atoms with Crippen molar-refractivity contribution < 1.29 is 4.79 Å². The zero-order valence-corrected chi connectivity index (χ0v) is 10.5. The van der Waals surface area contributed by atoms with Crippen LogP contribution in [-0.2, 0) is 4.79 Å². The summed E-state index contributed by atoms with van der Waals surface area (Å²) in [6.45, 7) is 1.47. The van der Waals surface area contributed by atoms with E-state index in [1.54, 1.807) is 18.2 Å². The van der Waals surface area contributed by atoms with Crippen LogP contribution in [0.5, 0.6) is 0 Å². The largest absolute Gasteiger partial charge is 0.300 e. The molecule has 1 rings (SSSR count). The second-order valence-corrected chi connectivity index (χ2v) is 4.58. The van der Waals surface area contributed by atoms with Gasteiger partial charge in [0.15, 0.2) is 0 Å². The number of benzene rings is 1. The monoisotopic (exact) mass is 285 g/mol. The molecule has 1 unspecified atom stereocenters. The van der Waals surface area contributed by atoms with Crippen LogP contribution in [0, 0.1) is 11.3 Å². The van der Waals surface area contributed by atoms with Crippen molar-refractivity contribution in [3.8, 4) is 6.07 Å². The molecule has 0 aliphatic rings. The summed E-state index contributed by atoms with van der Waals surface area (Å²) in [5.74, 6) is -0.481. The molecule has 78 valence electrons. The number of ketones is 1. The number of carbonyl (C=O) groups is 1. The predicted molar refractivity (Wildman–Crippen MR) is 62.8 cm³/mol. The Bertz CT molecular complexity index is 425. The molecule has 15 heavy (non-hydrogen) atoms. The Kier molecular flexibility index (Phi) is 4.31. The topological polar surface area (TPSA) is 40.9 Å². The molecule has 4 heteroatoms. The van der Waals surface area contributed by atoms with Gasteiger partial charge in [-0.25, -0.2) is 0 Å². The van der Waals surface area contributed by atoms with Crippen LogP contribution < -0.4 is 0 Å². The average Bonchev–Trinajstić information content (AvgIpc) is 2.18. The summed E-state index contributed by atoms with van der Waals surface area (Å²) in [6.07, 6.45) is 0.201. The van der Waals surface area contributed by atoms with Crippen LogP contribution in [0.3, 0.4) is 0 Å². The molecule has 0 radical (unpaired) electrons. The molecular weight excluding hydrogens is 277 g/mol. The van der Waals surface area contributed by atoms with Crippen LogP contribution in [0.15, 0.2) is 22.7 Å². The van der Waals surface area contributed by atoms with Gasteiger partial charge in [0.1, 0.15) is 5.78 Å². The molecule has 2 nitrogen and oxygen atoms in total. The van der Waals surface area contributed by atoms with Crippen LogP contribution in [0.4, 0.5) is 0 Å². The molecule has 0 fully saturated rings. The molecule has 0 aromatic heterocycles. The van der Waals surface area contributed by atoms with Crippen molar-refractivity contribution in [2.24, 2.45) is 0 Å². The minimum Gasteiger partial charge on any atom is -0.300 e. The fourth-order valence-electron chi connectivity index (χ4n) is 1.29. The lowest BCUT2D eigenvalue weighted by molar-refractivity contribution is -0.117. The van der Waals surface area contributed by atoms with Gasteiger partial charge in [-0.15, -0.1) is 0 Å². The molecule has 0 heterocycles. The zero-order valence-electron chi connectivity index (χ0n) is 8.13. The second kappa shape index (κ2) is 5.29. The molecule has 0 N–H and O–H groups in total. The van der Waals surface area contributed by atoms with Gasteiger partial charge in [-0.2, -0.15) is 5.26 Å². The smallest absolute Gasteiger partial charge is 0.131 e. The molecule has 0 aliphatic heterocycles. The molecule has 1 aromatic carbocycles. The Balaban J connectivity index is 3.07. The predicted octanol–water partition coefficient (Wildman–Crippen LogP) is 3.69. The number of hydrogen-bond acceptors (Lipinski definition) is 2. The van der Waals surface area contributed by atoms with E-state index in [9.17, 15) is 4.79 Å². The van der Waals surface area contributed by atoms with Crippen molar-refractivity contribution in [2.45, 2.75) is 19.3 Å². The highest BCUT2D eigenvalue weighted by molar-refractivity contribution is 9.10. The molecule has 0 saturated heterocycles. The lowest BCUT2D eigenvalue weighted by Crippen LogP contribution is -2.02. The third kappa shape index (κ3) is 3.33. The maximum Gasteiger partial charge on any atom is 0.131 e. The van der Waals surface area contributed by atoms with Crippen LogP contribution in [0.2, 0.25) is 5.02 Å². The van der Waals surface area contributed by atoms with Crippen molar-refractivity contribution in [1.82, 2.24) is 0 Å². The first kappa shape index (κ1) is 12.2. The first-order valence-corrected chi connectivity index (χ1v) is 5.55. The molecular formula is C11H9BrClNO. The minimum atomic E-state index is -0.465. The normalized spacial score (nSPS) is 11.9. The van der Waals surface area contributed by atoms with E-state index in [-0.39, 0.29) is 12.2 Å². The van der Waals surface area contributed by atoms with Crippen LogP contribution in [0.1, 0.15) is 24.8 Å². The molecule has 0 spiro atoms. The van der Waals surface area contributed by atoms with E-state index in [2.05, 4.69) is 22.0 Å². The van der Waals surface area contributed by atoms with E-state index >= 15 is 0 Å². The summed E-state index contributed by atoms with van der Waals surface area (Å²) in [4.78, 5) is 11.0. The number of carbonyl (C=O) groups excluding carboxylic acids is 1. The van der Waals surface area contributed by atoms with Gasteiger partial charge in [0.25, 0.3) is 0 Å². The van der Waals surface area contributed by atoms with E-state index < -0.39 is 5.92 Å². The molecule has 1 atom stereocenters. The van der Waals surface area contributed by atoms with E-state index in [4.69, 9.17) is 16.9 Å². The first-order chi connectivity index (χ1) is 7.04. The fraction of sp³-hybridized carbons (Fsp3) is 0.273. The molecule has 0 amide bonds. The van der Waals surface area contributed by atoms with E-state index in [0.29, 0.717) is 10.6 Å². The molecule has 0 bridgehead atoms. The summed E-state index contributed by atoms with van der Waals surface area (Å²) in [6, 6.07) is 7.38. The highest BCUT2D eigenvalue weighted by Gasteiger charge is 2.16. The van der Waals surface area contributed by atoms with Crippen molar-refractivity contribution >= 4 is 33.3 Å². The Morgan fingerprint density at radius 2 is 2.33 bits per heavy atom.